The SMILES string of the molecule is O=C(O)C1CC(N2CCCCC2)CO1. The van der Waals surface area contributed by atoms with Gasteiger partial charge in [0.25, 0.3) is 0 Å². The minimum absolute atomic E-state index is 0.344. The van der Waals surface area contributed by atoms with Crippen LogP contribution < -0.4 is 0 Å². The number of aliphatic carboxylic acids is 1. The van der Waals surface area contributed by atoms with Crippen LogP contribution in [0.4, 0.5) is 0 Å². The lowest BCUT2D eigenvalue weighted by atomic mass is 10.1. The van der Waals surface area contributed by atoms with E-state index in [1.807, 2.05) is 0 Å². The first-order valence-corrected chi connectivity index (χ1v) is 5.36. The Kier molecular flexibility index (Phi) is 3.03. The average Bonchev–Trinajstić information content (AvgIpc) is 2.68. The number of nitrogens with zero attached hydrogens (tertiary/aromatic N) is 1. The summed E-state index contributed by atoms with van der Waals surface area (Å²) >= 11 is 0. The second-order valence-corrected chi connectivity index (χ2v) is 4.15. The summed E-state index contributed by atoms with van der Waals surface area (Å²) in [5.41, 5.74) is 0. The van der Waals surface area contributed by atoms with Crippen molar-refractivity contribution in [2.24, 2.45) is 0 Å². The predicted octanol–water partition coefficient (Wildman–Crippen LogP) is 0.714. The Hall–Kier alpha value is -0.610. The second-order valence-electron chi connectivity index (χ2n) is 4.15. The molecule has 2 rings (SSSR count). The number of hydrogen-bond acceptors (Lipinski definition) is 3. The quantitative estimate of drug-likeness (QED) is 0.711. The molecule has 80 valence electrons. The fourth-order valence-corrected chi connectivity index (χ4v) is 2.32. The van der Waals surface area contributed by atoms with Crippen molar-refractivity contribution in [3.8, 4) is 0 Å². The molecule has 0 spiro atoms. The van der Waals surface area contributed by atoms with E-state index in [2.05, 4.69) is 4.90 Å². The number of ether oxygens (including phenoxy) is 1. The summed E-state index contributed by atoms with van der Waals surface area (Å²) in [4.78, 5) is 13.1. The highest BCUT2D eigenvalue weighted by Gasteiger charge is 2.34. The number of carboxylic acids is 1. The third kappa shape index (κ3) is 2.07. The maximum absolute atomic E-state index is 10.7. The maximum atomic E-state index is 10.7. The Balaban J connectivity index is 1.85. The molecule has 0 radical (unpaired) electrons. The van der Waals surface area contributed by atoms with E-state index in [-0.39, 0.29) is 0 Å². The van der Waals surface area contributed by atoms with E-state index in [0.717, 1.165) is 13.1 Å². The van der Waals surface area contributed by atoms with Gasteiger partial charge in [-0.15, -0.1) is 0 Å². The van der Waals surface area contributed by atoms with E-state index in [9.17, 15) is 4.79 Å². The number of carboxylic acid groups (broad SMARTS) is 1. The van der Waals surface area contributed by atoms with Gasteiger partial charge in [-0.3, -0.25) is 4.90 Å². The van der Waals surface area contributed by atoms with E-state index in [1.54, 1.807) is 0 Å². The van der Waals surface area contributed by atoms with Crippen LogP contribution in [0, 0.1) is 0 Å². The van der Waals surface area contributed by atoms with E-state index in [4.69, 9.17) is 9.84 Å². The molecule has 2 aliphatic rings. The van der Waals surface area contributed by atoms with Crippen molar-refractivity contribution in [3.63, 3.8) is 0 Å². The monoisotopic (exact) mass is 199 g/mol. The number of carbonyl (C=O) groups is 1. The van der Waals surface area contributed by atoms with Crippen LogP contribution in [0.3, 0.4) is 0 Å². The van der Waals surface area contributed by atoms with Crippen LogP contribution in [0.15, 0.2) is 0 Å². The molecule has 0 aliphatic carbocycles. The molecule has 0 saturated carbocycles. The summed E-state index contributed by atoms with van der Waals surface area (Å²) in [6.45, 7) is 2.82. The minimum atomic E-state index is -0.815. The Morgan fingerprint density at radius 2 is 2.00 bits per heavy atom. The lowest BCUT2D eigenvalue weighted by molar-refractivity contribution is -0.147. The summed E-state index contributed by atoms with van der Waals surface area (Å²) in [7, 11) is 0. The number of piperidine rings is 1. The van der Waals surface area contributed by atoms with Crippen molar-refractivity contribution in [2.45, 2.75) is 37.8 Å². The summed E-state index contributed by atoms with van der Waals surface area (Å²) in [5, 5.41) is 8.79. The first-order chi connectivity index (χ1) is 6.77. The zero-order valence-corrected chi connectivity index (χ0v) is 8.32. The maximum Gasteiger partial charge on any atom is 0.332 e. The molecular formula is C10H17NO3. The van der Waals surface area contributed by atoms with Crippen molar-refractivity contribution in [1.29, 1.82) is 0 Å². The molecule has 2 aliphatic heterocycles. The lowest BCUT2D eigenvalue weighted by Gasteiger charge is -2.31. The second kappa shape index (κ2) is 4.28. The summed E-state index contributed by atoms with van der Waals surface area (Å²) in [6.07, 6.45) is 3.89. The van der Waals surface area contributed by atoms with Crippen LogP contribution in [0.1, 0.15) is 25.7 Å². The van der Waals surface area contributed by atoms with E-state index >= 15 is 0 Å². The molecule has 4 nitrogen and oxygen atoms in total. The van der Waals surface area contributed by atoms with Crippen LogP contribution in [-0.4, -0.2) is 47.8 Å². The molecule has 14 heavy (non-hydrogen) atoms. The molecule has 0 aromatic carbocycles. The summed E-state index contributed by atoms with van der Waals surface area (Å²) < 4.78 is 5.24. The number of likely N-dealkylation sites (tertiary alicyclic amines) is 1. The highest BCUT2D eigenvalue weighted by atomic mass is 16.5. The third-order valence-electron chi connectivity index (χ3n) is 3.16. The standard InChI is InChI=1S/C10H17NO3/c12-10(13)9-6-8(7-14-9)11-4-2-1-3-5-11/h8-9H,1-7H2,(H,12,13). The smallest absolute Gasteiger partial charge is 0.332 e. The molecule has 2 fully saturated rings. The highest BCUT2D eigenvalue weighted by molar-refractivity contribution is 5.72. The lowest BCUT2D eigenvalue weighted by Crippen LogP contribution is -2.39. The van der Waals surface area contributed by atoms with Gasteiger partial charge in [-0.05, 0) is 25.9 Å². The van der Waals surface area contributed by atoms with Crippen molar-refractivity contribution >= 4 is 5.97 Å². The van der Waals surface area contributed by atoms with Gasteiger partial charge in [0.2, 0.25) is 0 Å². The molecule has 0 aromatic rings. The molecule has 1 N–H and O–H groups in total. The molecule has 4 heteroatoms. The first-order valence-electron chi connectivity index (χ1n) is 5.36. The average molecular weight is 199 g/mol. The number of hydrogen-bond donors (Lipinski definition) is 1. The molecule has 0 aromatic heterocycles. The van der Waals surface area contributed by atoms with Crippen molar-refractivity contribution in [2.75, 3.05) is 19.7 Å². The fraction of sp³-hybridized carbons (Fsp3) is 0.900. The van der Waals surface area contributed by atoms with Crippen molar-refractivity contribution in [1.82, 2.24) is 4.90 Å². The Morgan fingerprint density at radius 1 is 1.29 bits per heavy atom. The van der Waals surface area contributed by atoms with Gasteiger partial charge in [-0.25, -0.2) is 4.79 Å². The molecule has 0 amide bonds. The summed E-state index contributed by atoms with van der Waals surface area (Å²) in [5.74, 6) is -0.815. The predicted molar refractivity (Wildman–Crippen MR) is 51.2 cm³/mol. The van der Waals surface area contributed by atoms with E-state index in [1.165, 1.54) is 19.3 Å². The minimum Gasteiger partial charge on any atom is -0.479 e. The topological polar surface area (TPSA) is 49.8 Å². The Morgan fingerprint density at radius 3 is 2.57 bits per heavy atom. The highest BCUT2D eigenvalue weighted by Crippen LogP contribution is 2.22. The largest absolute Gasteiger partial charge is 0.479 e. The Labute approximate surface area is 83.8 Å². The zero-order valence-electron chi connectivity index (χ0n) is 8.32. The van der Waals surface area contributed by atoms with Gasteiger partial charge in [0.1, 0.15) is 0 Å². The number of rotatable bonds is 2. The Bertz CT molecular complexity index is 213. The van der Waals surface area contributed by atoms with Gasteiger partial charge >= 0.3 is 5.97 Å². The van der Waals surface area contributed by atoms with Gasteiger partial charge in [0.15, 0.2) is 6.10 Å². The van der Waals surface area contributed by atoms with Crippen LogP contribution in [0.25, 0.3) is 0 Å². The molecule has 2 atom stereocenters. The fourth-order valence-electron chi connectivity index (χ4n) is 2.32. The third-order valence-corrected chi connectivity index (χ3v) is 3.16. The molecular weight excluding hydrogens is 182 g/mol. The normalized spacial score (nSPS) is 34.6. The van der Waals surface area contributed by atoms with Gasteiger partial charge in [-0.1, -0.05) is 6.42 Å². The van der Waals surface area contributed by atoms with Gasteiger partial charge in [0.05, 0.1) is 6.61 Å². The van der Waals surface area contributed by atoms with E-state index in [0.29, 0.717) is 19.1 Å². The van der Waals surface area contributed by atoms with Crippen LogP contribution >= 0.6 is 0 Å². The molecule has 2 saturated heterocycles. The van der Waals surface area contributed by atoms with Crippen LogP contribution in [0.2, 0.25) is 0 Å². The van der Waals surface area contributed by atoms with E-state index < -0.39 is 12.1 Å². The first kappa shape index (κ1) is 9.93. The van der Waals surface area contributed by atoms with Crippen molar-refractivity contribution < 1.29 is 14.6 Å². The van der Waals surface area contributed by atoms with Crippen LogP contribution in [0.5, 0.6) is 0 Å². The molecule has 2 heterocycles. The summed E-state index contributed by atoms with van der Waals surface area (Å²) in [6, 6.07) is 0.344. The molecule has 0 bridgehead atoms. The van der Waals surface area contributed by atoms with Crippen molar-refractivity contribution in [3.05, 3.63) is 0 Å². The molecule has 2 unspecified atom stereocenters. The van der Waals surface area contributed by atoms with Crippen LogP contribution in [-0.2, 0) is 9.53 Å². The van der Waals surface area contributed by atoms with Gasteiger partial charge in [-0.2, -0.15) is 0 Å². The van der Waals surface area contributed by atoms with Gasteiger partial charge in [0, 0.05) is 12.5 Å². The zero-order chi connectivity index (χ0) is 9.97. The van der Waals surface area contributed by atoms with Gasteiger partial charge < -0.3 is 9.84 Å².